The lowest BCUT2D eigenvalue weighted by Crippen LogP contribution is -2.64. The van der Waals surface area contributed by atoms with E-state index in [1.807, 2.05) is 0 Å². The molecule has 184 valence electrons. The minimum atomic E-state index is -0.900. The molecule has 0 radical (unpaired) electrons. The van der Waals surface area contributed by atoms with Crippen LogP contribution in [0.3, 0.4) is 0 Å². The molecule has 0 saturated heterocycles. The van der Waals surface area contributed by atoms with Crippen molar-refractivity contribution in [3.05, 3.63) is 11.6 Å². The molecule has 4 fully saturated rings. The lowest BCUT2D eigenvalue weighted by Gasteiger charge is -2.67. The quantitative estimate of drug-likeness (QED) is 0.531. The number of carboxylic acids is 1. The number of carbonyl (C=O) groups excluding carboxylic acids is 1. The molecular formula is C29H44O4. The van der Waals surface area contributed by atoms with Crippen molar-refractivity contribution in [3.63, 3.8) is 0 Å². The summed E-state index contributed by atoms with van der Waals surface area (Å²) < 4.78 is 5.90. The Morgan fingerprint density at radius 1 is 0.939 bits per heavy atom. The average Bonchev–Trinajstić information content (AvgIpc) is 2.71. The summed E-state index contributed by atoms with van der Waals surface area (Å²) in [6.07, 6.45) is 13.9. The van der Waals surface area contributed by atoms with Crippen LogP contribution in [0.15, 0.2) is 11.6 Å². The third-order valence-corrected chi connectivity index (χ3v) is 11.7. The number of allylic oxidation sites excluding steroid dienone is 2. The van der Waals surface area contributed by atoms with E-state index in [1.54, 1.807) is 0 Å². The van der Waals surface area contributed by atoms with Crippen LogP contribution in [0.1, 0.15) is 98.8 Å². The summed E-state index contributed by atoms with van der Waals surface area (Å²) >= 11 is 0. The van der Waals surface area contributed by atoms with Crippen molar-refractivity contribution in [1.29, 1.82) is 0 Å². The number of ketones is 1. The van der Waals surface area contributed by atoms with Gasteiger partial charge >= 0.3 is 5.97 Å². The maximum absolute atomic E-state index is 14.0. The molecule has 33 heavy (non-hydrogen) atoms. The number of hydrogen-bond acceptors (Lipinski definition) is 3. The van der Waals surface area contributed by atoms with Gasteiger partial charge in [-0.25, -0.2) is 4.79 Å². The van der Waals surface area contributed by atoms with Gasteiger partial charge in [0, 0.05) is 5.92 Å². The summed E-state index contributed by atoms with van der Waals surface area (Å²) in [5.41, 5.74) is 1.78. The van der Waals surface area contributed by atoms with Crippen molar-refractivity contribution in [2.75, 3.05) is 6.61 Å². The highest BCUT2D eigenvalue weighted by Crippen LogP contribution is 2.70. The number of rotatable bonds is 3. The maximum Gasteiger partial charge on any atom is 0.329 e. The van der Waals surface area contributed by atoms with Gasteiger partial charge in [-0.05, 0) is 96.9 Å². The van der Waals surface area contributed by atoms with Gasteiger partial charge in [0.05, 0.1) is 6.10 Å². The Bertz CT molecular complexity index is 873. The van der Waals surface area contributed by atoms with Gasteiger partial charge in [0.2, 0.25) is 0 Å². The molecule has 5 rings (SSSR count). The third-order valence-electron chi connectivity index (χ3n) is 11.7. The van der Waals surface area contributed by atoms with Gasteiger partial charge in [0.15, 0.2) is 5.78 Å². The van der Waals surface area contributed by atoms with Crippen LogP contribution >= 0.6 is 0 Å². The molecule has 8 unspecified atom stereocenters. The Morgan fingerprint density at radius 2 is 1.67 bits per heavy atom. The summed E-state index contributed by atoms with van der Waals surface area (Å²) in [4.78, 5) is 25.2. The number of aliphatic carboxylic acids is 1. The first-order valence-corrected chi connectivity index (χ1v) is 13.5. The summed E-state index contributed by atoms with van der Waals surface area (Å²) in [6.45, 7) is 11.6. The monoisotopic (exact) mass is 456 g/mol. The molecule has 0 spiro atoms. The molecule has 5 aliphatic rings. The molecule has 8 atom stereocenters. The van der Waals surface area contributed by atoms with Crippen molar-refractivity contribution < 1.29 is 19.4 Å². The van der Waals surface area contributed by atoms with Gasteiger partial charge in [0.1, 0.15) is 6.61 Å². The summed E-state index contributed by atoms with van der Waals surface area (Å²) in [7, 11) is 0. The second kappa shape index (κ2) is 7.67. The van der Waals surface area contributed by atoms with E-state index in [-0.39, 0.29) is 34.9 Å². The fraction of sp³-hybridized carbons (Fsp3) is 0.862. The van der Waals surface area contributed by atoms with Crippen molar-refractivity contribution in [2.45, 2.75) is 105 Å². The Kier molecular flexibility index (Phi) is 5.48. The standard InChI is InChI=1S/C29H44O4/c1-26(2)22-10-14-28(4)20-9-13-27(3)12-7-6-8-19(27)18(20)16-21(30)25(28)29(22,5)15-11-23(26)33-17-24(31)32/h16,19-20,22-23,25H,6-15,17H2,1-5H3,(H,31,32). The topological polar surface area (TPSA) is 63.6 Å². The molecule has 0 amide bonds. The van der Waals surface area contributed by atoms with Crippen LogP contribution in [0.2, 0.25) is 0 Å². The second-order valence-corrected chi connectivity index (χ2v) is 13.7. The van der Waals surface area contributed by atoms with Gasteiger partial charge in [-0.3, -0.25) is 4.79 Å². The smallest absolute Gasteiger partial charge is 0.329 e. The molecule has 0 aromatic rings. The summed E-state index contributed by atoms with van der Waals surface area (Å²) in [5, 5.41) is 9.15. The highest BCUT2D eigenvalue weighted by molar-refractivity contribution is 5.95. The fourth-order valence-electron chi connectivity index (χ4n) is 10.3. The van der Waals surface area contributed by atoms with E-state index in [9.17, 15) is 9.59 Å². The van der Waals surface area contributed by atoms with E-state index in [0.717, 1.165) is 25.7 Å². The van der Waals surface area contributed by atoms with Crippen LogP contribution < -0.4 is 0 Å². The number of ether oxygens (including phenoxy) is 1. The molecule has 0 aliphatic heterocycles. The van der Waals surface area contributed by atoms with Crippen LogP contribution in [-0.4, -0.2) is 29.6 Å². The van der Waals surface area contributed by atoms with Crippen LogP contribution in [0.4, 0.5) is 0 Å². The number of carbonyl (C=O) groups is 2. The van der Waals surface area contributed by atoms with E-state index in [1.165, 1.54) is 44.1 Å². The number of hydrogen-bond donors (Lipinski definition) is 1. The molecule has 1 N–H and O–H groups in total. The largest absolute Gasteiger partial charge is 0.480 e. The first-order chi connectivity index (χ1) is 15.4. The first-order valence-electron chi connectivity index (χ1n) is 13.5. The lowest BCUT2D eigenvalue weighted by molar-refractivity contribution is -0.198. The van der Waals surface area contributed by atoms with Crippen molar-refractivity contribution in [3.8, 4) is 0 Å². The van der Waals surface area contributed by atoms with Gasteiger partial charge < -0.3 is 9.84 Å². The fourth-order valence-corrected chi connectivity index (χ4v) is 10.3. The lowest BCUT2D eigenvalue weighted by atomic mass is 9.37. The van der Waals surface area contributed by atoms with Gasteiger partial charge in [-0.1, -0.05) is 53.0 Å². The van der Waals surface area contributed by atoms with E-state index in [0.29, 0.717) is 29.0 Å². The normalized spacial score (nSPS) is 48.6. The van der Waals surface area contributed by atoms with Crippen molar-refractivity contribution in [2.24, 2.45) is 45.3 Å². The SMILES string of the molecule is CC12CCCCC1C1=CC(=O)C3C(C)(CCC4C(C)(C)C(OCC(=O)O)CCC43C)C1CC2. The molecular weight excluding hydrogens is 412 g/mol. The molecule has 0 bridgehead atoms. The average molecular weight is 457 g/mol. The summed E-state index contributed by atoms with van der Waals surface area (Å²) in [6, 6.07) is 0. The van der Waals surface area contributed by atoms with Gasteiger partial charge in [-0.2, -0.15) is 0 Å². The predicted octanol–water partition coefficient (Wildman–Crippen LogP) is 6.43. The third kappa shape index (κ3) is 3.32. The minimum Gasteiger partial charge on any atom is -0.480 e. The van der Waals surface area contributed by atoms with E-state index >= 15 is 0 Å². The number of fused-ring (bicyclic) bond motifs is 7. The Hall–Kier alpha value is -1.16. The van der Waals surface area contributed by atoms with Crippen LogP contribution in [0.25, 0.3) is 0 Å². The van der Waals surface area contributed by atoms with E-state index in [4.69, 9.17) is 9.84 Å². The number of carboxylic acid groups (broad SMARTS) is 1. The van der Waals surface area contributed by atoms with E-state index < -0.39 is 5.97 Å². The van der Waals surface area contributed by atoms with Crippen LogP contribution in [0, 0.1) is 45.3 Å². The zero-order chi connectivity index (χ0) is 23.8. The Balaban J connectivity index is 1.49. The Morgan fingerprint density at radius 3 is 2.39 bits per heavy atom. The van der Waals surface area contributed by atoms with Crippen molar-refractivity contribution >= 4 is 11.8 Å². The molecule has 0 heterocycles. The summed E-state index contributed by atoms with van der Waals surface area (Å²) in [5.74, 6) is 1.10. The van der Waals surface area contributed by atoms with Gasteiger partial charge in [-0.15, -0.1) is 0 Å². The molecule has 0 aromatic heterocycles. The highest BCUT2D eigenvalue weighted by atomic mass is 16.5. The van der Waals surface area contributed by atoms with Gasteiger partial charge in [0.25, 0.3) is 0 Å². The molecule has 4 nitrogen and oxygen atoms in total. The highest BCUT2D eigenvalue weighted by Gasteiger charge is 2.66. The van der Waals surface area contributed by atoms with Crippen molar-refractivity contribution in [1.82, 2.24) is 0 Å². The molecule has 4 saturated carbocycles. The Labute approximate surface area is 199 Å². The van der Waals surface area contributed by atoms with Crippen LogP contribution in [-0.2, 0) is 14.3 Å². The zero-order valence-electron chi connectivity index (χ0n) is 21.4. The zero-order valence-corrected chi connectivity index (χ0v) is 21.4. The van der Waals surface area contributed by atoms with Crippen LogP contribution in [0.5, 0.6) is 0 Å². The predicted molar refractivity (Wildman–Crippen MR) is 129 cm³/mol. The maximum atomic E-state index is 14.0. The minimum absolute atomic E-state index is 0.0496. The molecule has 0 aromatic carbocycles. The second-order valence-electron chi connectivity index (χ2n) is 13.7. The molecule has 5 aliphatic carbocycles. The van der Waals surface area contributed by atoms with E-state index in [2.05, 4.69) is 40.7 Å². The first kappa shape index (κ1) is 23.6. The molecule has 4 heteroatoms.